The van der Waals surface area contributed by atoms with Crippen LogP contribution in [0.5, 0.6) is 5.75 Å². The molecule has 2 heterocycles. The number of aromatic amines is 2. The molecule has 0 saturated heterocycles. The van der Waals surface area contributed by atoms with Crippen molar-refractivity contribution in [3.8, 4) is 17.1 Å². The predicted octanol–water partition coefficient (Wildman–Crippen LogP) is 4.94. The smallest absolute Gasteiger partial charge is 0.248 e. The molecule has 158 valence electrons. The Bertz CT molecular complexity index is 1450. The highest BCUT2D eigenvalue weighted by Crippen LogP contribution is 2.24. The van der Waals surface area contributed by atoms with Crippen molar-refractivity contribution in [3.63, 3.8) is 0 Å². The SMILES string of the molecule is Cc1cccc(Nc2n[nH]c(-c3cccc(OCc4cc(=O)[nH]c5ccccc45)c3)n2)c1. The highest BCUT2D eigenvalue weighted by atomic mass is 16.5. The second-order valence-electron chi connectivity index (χ2n) is 7.52. The number of rotatable bonds is 6. The Balaban J connectivity index is 1.34. The van der Waals surface area contributed by atoms with Gasteiger partial charge in [-0.3, -0.25) is 9.89 Å². The van der Waals surface area contributed by atoms with Gasteiger partial charge in [-0.15, -0.1) is 5.10 Å². The van der Waals surface area contributed by atoms with Gasteiger partial charge in [-0.2, -0.15) is 4.98 Å². The largest absolute Gasteiger partial charge is 0.489 e. The molecule has 0 amide bonds. The normalized spacial score (nSPS) is 10.9. The van der Waals surface area contributed by atoms with Crippen molar-refractivity contribution in [3.05, 3.63) is 100 Å². The van der Waals surface area contributed by atoms with Gasteiger partial charge >= 0.3 is 0 Å². The zero-order valence-electron chi connectivity index (χ0n) is 17.4. The summed E-state index contributed by atoms with van der Waals surface area (Å²) in [6.07, 6.45) is 0. The molecule has 7 heteroatoms. The summed E-state index contributed by atoms with van der Waals surface area (Å²) in [6.45, 7) is 2.32. The average Bonchev–Trinajstić information content (AvgIpc) is 3.26. The van der Waals surface area contributed by atoms with Crippen molar-refractivity contribution in [2.75, 3.05) is 5.32 Å². The maximum absolute atomic E-state index is 12.0. The fourth-order valence-corrected chi connectivity index (χ4v) is 3.59. The molecule has 5 rings (SSSR count). The van der Waals surface area contributed by atoms with Crippen LogP contribution < -0.4 is 15.6 Å². The summed E-state index contributed by atoms with van der Waals surface area (Å²) in [5, 5.41) is 11.4. The highest BCUT2D eigenvalue weighted by Gasteiger charge is 2.09. The number of para-hydroxylation sites is 1. The standard InChI is InChI=1S/C25H21N5O2/c1-16-6-4-8-19(12-16)26-25-28-24(29-30-25)17-7-5-9-20(13-17)32-15-18-14-23(31)27-22-11-3-2-10-21(18)22/h2-14H,15H2,1H3,(H,27,31)(H2,26,28,29,30). The summed E-state index contributed by atoms with van der Waals surface area (Å²) < 4.78 is 6.00. The van der Waals surface area contributed by atoms with E-state index in [1.165, 1.54) is 0 Å². The third-order valence-corrected chi connectivity index (χ3v) is 5.10. The van der Waals surface area contributed by atoms with E-state index in [1.807, 2.05) is 79.7 Å². The van der Waals surface area contributed by atoms with E-state index < -0.39 is 0 Å². The number of H-pyrrole nitrogens is 2. The van der Waals surface area contributed by atoms with Crippen molar-refractivity contribution in [1.82, 2.24) is 20.2 Å². The molecule has 0 aliphatic heterocycles. The van der Waals surface area contributed by atoms with Gasteiger partial charge in [0.05, 0.1) is 0 Å². The van der Waals surface area contributed by atoms with Crippen LogP contribution in [0.2, 0.25) is 0 Å². The minimum atomic E-state index is -0.147. The molecule has 5 aromatic rings. The zero-order chi connectivity index (χ0) is 21.9. The van der Waals surface area contributed by atoms with E-state index in [1.54, 1.807) is 6.07 Å². The van der Waals surface area contributed by atoms with Crippen molar-refractivity contribution in [1.29, 1.82) is 0 Å². The predicted molar refractivity (Wildman–Crippen MR) is 125 cm³/mol. The van der Waals surface area contributed by atoms with Gasteiger partial charge in [0.15, 0.2) is 5.82 Å². The molecular weight excluding hydrogens is 402 g/mol. The lowest BCUT2D eigenvalue weighted by atomic mass is 10.1. The maximum Gasteiger partial charge on any atom is 0.248 e. The van der Waals surface area contributed by atoms with E-state index in [2.05, 4.69) is 25.5 Å². The molecule has 7 nitrogen and oxygen atoms in total. The lowest BCUT2D eigenvalue weighted by molar-refractivity contribution is 0.307. The number of benzene rings is 3. The second kappa shape index (κ2) is 8.39. The fourth-order valence-electron chi connectivity index (χ4n) is 3.59. The van der Waals surface area contributed by atoms with Crippen LogP contribution in [0, 0.1) is 6.92 Å². The molecule has 0 saturated carbocycles. The molecule has 0 radical (unpaired) electrons. The second-order valence-corrected chi connectivity index (χ2v) is 7.52. The molecule has 32 heavy (non-hydrogen) atoms. The number of ether oxygens (including phenoxy) is 1. The topological polar surface area (TPSA) is 95.7 Å². The van der Waals surface area contributed by atoms with Crippen LogP contribution in [0.15, 0.2) is 83.7 Å². The summed E-state index contributed by atoms with van der Waals surface area (Å²) in [7, 11) is 0. The Morgan fingerprint density at radius 2 is 1.84 bits per heavy atom. The molecule has 0 aliphatic carbocycles. The Kier molecular flexibility index (Phi) is 5.13. The van der Waals surface area contributed by atoms with Gasteiger partial charge in [0.2, 0.25) is 11.5 Å². The zero-order valence-corrected chi connectivity index (χ0v) is 17.4. The first kappa shape index (κ1) is 19.6. The monoisotopic (exact) mass is 423 g/mol. The summed E-state index contributed by atoms with van der Waals surface area (Å²) in [6, 6.07) is 24.9. The first-order valence-electron chi connectivity index (χ1n) is 10.2. The van der Waals surface area contributed by atoms with Crippen LogP contribution in [-0.2, 0) is 6.61 Å². The van der Waals surface area contributed by atoms with Crippen LogP contribution in [0.4, 0.5) is 11.6 Å². The first-order chi connectivity index (χ1) is 15.6. The van der Waals surface area contributed by atoms with Crippen molar-refractivity contribution in [2.45, 2.75) is 13.5 Å². The number of aromatic nitrogens is 4. The molecule has 0 unspecified atom stereocenters. The number of aryl methyl sites for hydroxylation is 1. The number of hydrogen-bond acceptors (Lipinski definition) is 5. The van der Waals surface area contributed by atoms with Crippen LogP contribution in [0.1, 0.15) is 11.1 Å². The Morgan fingerprint density at radius 3 is 2.75 bits per heavy atom. The quantitative estimate of drug-likeness (QED) is 0.359. The van der Waals surface area contributed by atoms with Crippen LogP contribution in [0.25, 0.3) is 22.3 Å². The van der Waals surface area contributed by atoms with Crippen molar-refractivity contribution >= 4 is 22.5 Å². The molecule has 3 N–H and O–H groups in total. The van der Waals surface area contributed by atoms with Crippen molar-refractivity contribution in [2.24, 2.45) is 0 Å². The van der Waals surface area contributed by atoms with Gasteiger partial charge in [0.25, 0.3) is 0 Å². The number of nitrogens with one attached hydrogen (secondary N) is 3. The average molecular weight is 423 g/mol. The van der Waals surface area contributed by atoms with Gasteiger partial charge in [0, 0.05) is 33.8 Å². The summed E-state index contributed by atoms with van der Waals surface area (Å²) in [4.78, 5) is 19.4. The number of anilines is 2. The molecule has 3 aromatic carbocycles. The number of hydrogen-bond donors (Lipinski definition) is 3. The van der Waals surface area contributed by atoms with Crippen LogP contribution >= 0.6 is 0 Å². The molecule has 0 spiro atoms. The number of pyridine rings is 1. The van der Waals surface area contributed by atoms with Gasteiger partial charge in [-0.25, -0.2) is 0 Å². The van der Waals surface area contributed by atoms with Gasteiger partial charge < -0.3 is 15.0 Å². The minimum Gasteiger partial charge on any atom is -0.489 e. The molecular formula is C25H21N5O2. The van der Waals surface area contributed by atoms with E-state index in [0.717, 1.165) is 33.3 Å². The molecule has 0 aliphatic rings. The van der Waals surface area contributed by atoms with E-state index in [9.17, 15) is 4.79 Å². The Morgan fingerprint density at radius 1 is 0.969 bits per heavy atom. The van der Waals surface area contributed by atoms with Gasteiger partial charge in [-0.1, -0.05) is 42.5 Å². The lowest BCUT2D eigenvalue weighted by Crippen LogP contribution is -2.08. The summed E-state index contributed by atoms with van der Waals surface area (Å²) in [5.41, 5.74) is 4.41. The number of nitrogens with zero attached hydrogens (tertiary/aromatic N) is 2. The van der Waals surface area contributed by atoms with Gasteiger partial charge in [-0.05, 0) is 42.8 Å². The minimum absolute atomic E-state index is 0.147. The van der Waals surface area contributed by atoms with E-state index >= 15 is 0 Å². The fraction of sp³-hybridized carbons (Fsp3) is 0.0800. The van der Waals surface area contributed by atoms with E-state index in [-0.39, 0.29) is 12.2 Å². The first-order valence-corrected chi connectivity index (χ1v) is 10.2. The maximum atomic E-state index is 12.0. The Labute approximate surface area is 184 Å². The van der Waals surface area contributed by atoms with Crippen molar-refractivity contribution < 1.29 is 4.74 Å². The third kappa shape index (κ3) is 4.22. The molecule has 0 fully saturated rings. The summed E-state index contributed by atoms with van der Waals surface area (Å²) >= 11 is 0. The molecule has 2 aromatic heterocycles. The Hall–Kier alpha value is -4.39. The van der Waals surface area contributed by atoms with E-state index in [4.69, 9.17) is 4.74 Å². The summed E-state index contributed by atoms with van der Waals surface area (Å²) in [5.74, 6) is 1.80. The molecule has 0 bridgehead atoms. The lowest BCUT2D eigenvalue weighted by Gasteiger charge is -2.09. The number of fused-ring (bicyclic) bond motifs is 1. The van der Waals surface area contributed by atoms with Gasteiger partial charge in [0.1, 0.15) is 12.4 Å². The van der Waals surface area contributed by atoms with Crippen LogP contribution in [0.3, 0.4) is 0 Å². The van der Waals surface area contributed by atoms with Crippen LogP contribution in [-0.4, -0.2) is 20.2 Å². The molecule has 0 atom stereocenters. The third-order valence-electron chi connectivity index (χ3n) is 5.10. The van der Waals surface area contributed by atoms with E-state index in [0.29, 0.717) is 17.5 Å². The highest BCUT2D eigenvalue weighted by molar-refractivity contribution is 5.81.